The summed E-state index contributed by atoms with van der Waals surface area (Å²) < 4.78 is 6.74. The van der Waals surface area contributed by atoms with Crippen LogP contribution in [0, 0.1) is 0 Å². The van der Waals surface area contributed by atoms with Gasteiger partial charge in [0.15, 0.2) is 5.58 Å². The summed E-state index contributed by atoms with van der Waals surface area (Å²) in [6, 6.07) is 15.4. The Morgan fingerprint density at radius 3 is 2.44 bits per heavy atom. The molecule has 142 valence electrons. The summed E-state index contributed by atoms with van der Waals surface area (Å²) in [5.41, 5.74) is 3.47. The number of hydrogen-bond acceptors (Lipinski definition) is 4. The number of aromatic nitrogens is 1. The van der Waals surface area contributed by atoms with E-state index in [2.05, 4.69) is 0 Å². The predicted molar refractivity (Wildman–Crippen MR) is 107 cm³/mol. The van der Waals surface area contributed by atoms with Gasteiger partial charge >= 0.3 is 5.76 Å². The topological polar surface area (TPSA) is 58.7 Å². The van der Waals surface area contributed by atoms with Gasteiger partial charge in [-0.3, -0.25) is 9.36 Å². The van der Waals surface area contributed by atoms with Gasteiger partial charge in [0, 0.05) is 45.8 Å². The lowest BCUT2D eigenvalue weighted by Crippen LogP contribution is -2.31. The molecule has 27 heavy (non-hydrogen) atoms. The van der Waals surface area contributed by atoms with Crippen molar-refractivity contribution in [3.05, 3.63) is 64.6 Å². The normalized spacial score (nSPS) is 10.9. The first kappa shape index (κ1) is 18.8. The van der Waals surface area contributed by atoms with Crippen molar-refractivity contribution in [2.45, 2.75) is 26.4 Å². The van der Waals surface area contributed by atoms with Gasteiger partial charge in [-0.05, 0) is 36.8 Å². The second-order valence-corrected chi connectivity index (χ2v) is 6.71. The predicted octanol–water partition coefficient (Wildman–Crippen LogP) is 3.10. The quantitative estimate of drug-likeness (QED) is 0.644. The Bertz CT molecular complexity index is 970. The van der Waals surface area contributed by atoms with Crippen molar-refractivity contribution in [2.75, 3.05) is 25.5 Å². The number of hydrogen-bond donors (Lipinski definition) is 0. The zero-order valence-electron chi connectivity index (χ0n) is 16.0. The Labute approximate surface area is 158 Å². The maximum absolute atomic E-state index is 12.7. The number of nitrogens with zero attached hydrogens (tertiary/aromatic N) is 3. The summed E-state index contributed by atoms with van der Waals surface area (Å²) in [6.45, 7) is 3.45. The Morgan fingerprint density at radius 2 is 1.78 bits per heavy atom. The lowest BCUT2D eigenvalue weighted by Gasteiger charge is -2.21. The fraction of sp³-hybridized carbons (Fsp3) is 0.333. The van der Waals surface area contributed by atoms with Crippen LogP contribution in [0.5, 0.6) is 0 Å². The van der Waals surface area contributed by atoms with Gasteiger partial charge in [-0.25, -0.2) is 4.79 Å². The molecule has 2 aromatic carbocycles. The molecule has 0 saturated carbocycles. The molecule has 0 saturated heterocycles. The molecule has 0 N–H and O–H groups in total. The van der Waals surface area contributed by atoms with Crippen molar-refractivity contribution in [3.8, 4) is 0 Å². The van der Waals surface area contributed by atoms with Crippen molar-refractivity contribution in [2.24, 2.45) is 0 Å². The number of oxazole rings is 1. The van der Waals surface area contributed by atoms with E-state index in [9.17, 15) is 9.59 Å². The van der Waals surface area contributed by atoms with Gasteiger partial charge < -0.3 is 14.2 Å². The number of benzene rings is 2. The summed E-state index contributed by atoms with van der Waals surface area (Å²) in [5.74, 6) is -0.405. The van der Waals surface area contributed by atoms with E-state index in [1.165, 1.54) is 4.57 Å². The zero-order valence-corrected chi connectivity index (χ0v) is 16.0. The molecule has 6 heteroatoms. The van der Waals surface area contributed by atoms with Gasteiger partial charge in [0.25, 0.3) is 0 Å². The number of rotatable bonds is 7. The third-order valence-electron chi connectivity index (χ3n) is 4.68. The van der Waals surface area contributed by atoms with Crippen LogP contribution >= 0.6 is 0 Å². The van der Waals surface area contributed by atoms with E-state index in [0.717, 1.165) is 16.8 Å². The smallest absolute Gasteiger partial charge is 0.408 e. The van der Waals surface area contributed by atoms with Crippen LogP contribution in [-0.2, 0) is 17.9 Å². The summed E-state index contributed by atoms with van der Waals surface area (Å²) >= 11 is 0. The Kier molecular flexibility index (Phi) is 5.64. The lowest BCUT2D eigenvalue weighted by molar-refractivity contribution is -0.131. The van der Waals surface area contributed by atoms with Gasteiger partial charge in [0.1, 0.15) is 0 Å². The molecular weight excluding hydrogens is 342 g/mol. The molecule has 0 fully saturated rings. The molecule has 3 aromatic rings. The van der Waals surface area contributed by atoms with Crippen molar-refractivity contribution >= 4 is 22.7 Å². The van der Waals surface area contributed by atoms with Crippen LogP contribution in [0.4, 0.5) is 5.69 Å². The average Bonchev–Trinajstić information content (AvgIpc) is 2.99. The van der Waals surface area contributed by atoms with E-state index in [1.54, 1.807) is 11.0 Å². The SMILES string of the molecule is CCN(Cc1ccc(N(C)C)cc1)C(=O)CCn1c(=O)oc2ccccc21. The van der Waals surface area contributed by atoms with Crippen molar-refractivity contribution in [1.82, 2.24) is 9.47 Å². The minimum atomic E-state index is -0.425. The fourth-order valence-electron chi connectivity index (χ4n) is 3.09. The highest BCUT2D eigenvalue weighted by Crippen LogP contribution is 2.15. The molecule has 1 heterocycles. The monoisotopic (exact) mass is 367 g/mol. The second kappa shape index (κ2) is 8.12. The molecule has 6 nitrogen and oxygen atoms in total. The number of fused-ring (bicyclic) bond motifs is 1. The van der Waals surface area contributed by atoms with Gasteiger partial charge in [-0.1, -0.05) is 24.3 Å². The molecule has 1 aromatic heterocycles. The molecular formula is C21H25N3O3. The average molecular weight is 367 g/mol. The minimum Gasteiger partial charge on any atom is -0.408 e. The molecule has 0 bridgehead atoms. The summed E-state index contributed by atoms with van der Waals surface area (Å²) in [7, 11) is 4.00. The first-order chi connectivity index (χ1) is 13.0. The van der Waals surface area contributed by atoms with E-state index in [0.29, 0.717) is 25.2 Å². The maximum Gasteiger partial charge on any atom is 0.419 e. The third kappa shape index (κ3) is 4.22. The molecule has 0 aliphatic rings. The third-order valence-corrected chi connectivity index (χ3v) is 4.68. The Hall–Kier alpha value is -3.02. The van der Waals surface area contributed by atoms with Crippen LogP contribution < -0.4 is 10.7 Å². The van der Waals surface area contributed by atoms with Crippen LogP contribution in [0.1, 0.15) is 18.9 Å². The molecule has 3 rings (SSSR count). The lowest BCUT2D eigenvalue weighted by atomic mass is 10.2. The number of amides is 1. The molecule has 0 aliphatic heterocycles. The number of para-hydroxylation sites is 2. The van der Waals surface area contributed by atoms with E-state index in [-0.39, 0.29) is 12.3 Å². The first-order valence-electron chi connectivity index (χ1n) is 9.12. The molecule has 0 unspecified atom stereocenters. The van der Waals surface area contributed by atoms with E-state index in [4.69, 9.17) is 4.42 Å². The molecule has 0 spiro atoms. The van der Waals surface area contributed by atoms with Crippen molar-refractivity contribution in [3.63, 3.8) is 0 Å². The van der Waals surface area contributed by atoms with E-state index < -0.39 is 5.76 Å². The number of carbonyl (C=O) groups excluding carboxylic acids is 1. The number of carbonyl (C=O) groups is 1. The molecule has 0 aliphatic carbocycles. The van der Waals surface area contributed by atoms with Crippen LogP contribution in [0.3, 0.4) is 0 Å². The van der Waals surface area contributed by atoms with Gasteiger partial charge in [0.2, 0.25) is 5.91 Å². The minimum absolute atomic E-state index is 0.0198. The van der Waals surface area contributed by atoms with Crippen LogP contribution in [0.15, 0.2) is 57.7 Å². The molecule has 1 amide bonds. The van der Waals surface area contributed by atoms with E-state index in [1.807, 2.05) is 68.4 Å². The standard InChI is InChI=1S/C21H25N3O3/c1-4-23(15-16-9-11-17(12-10-16)22(2)3)20(25)13-14-24-18-7-5-6-8-19(18)27-21(24)26/h5-12H,4,13-15H2,1-3H3. The second-order valence-electron chi connectivity index (χ2n) is 6.71. The Balaban J connectivity index is 1.66. The summed E-state index contributed by atoms with van der Waals surface area (Å²) in [4.78, 5) is 28.5. The zero-order chi connectivity index (χ0) is 19.4. The summed E-state index contributed by atoms with van der Waals surface area (Å²) in [6.07, 6.45) is 0.257. The van der Waals surface area contributed by atoms with Crippen molar-refractivity contribution < 1.29 is 9.21 Å². The highest BCUT2D eigenvalue weighted by atomic mass is 16.4. The highest BCUT2D eigenvalue weighted by Gasteiger charge is 2.15. The van der Waals surface area contributed by atoms with Crippen LogP contribution in [0.2, 0.25) is 0 Å². The maximum atomic E-state index is 12.7. The van der Waals surface area contributed by atoms with E-state index >= 15 is 0 Å². The largest absolute Gasteiger partial charge is 0.419 e. The van der Waals surface area contributed by atoms with Crippen LogP contribution in [0.25, 0.3) is 11.1 Å². The molecule has 0 atom stereocenters. The summed E-state index contributed by atoms with van der Waals surface area (Å²) in [5, 5.41) is 0. The number of anilines is 1. The van der Waals surface area contributed by atoms with Crippen molar-refractivity contribution in [1.29, 1.82) is 0 Å². The first-order valence-corrected chi connectivity index (χ1v) is 9.12. The fourth-order valence-corrected chi connectivity index (χ4v) is 3.09. The van der Waals surface area contributed by atoms with Gasteiger partial charge in [0.05, 0.1) is 5.52 Å². The number of aryl methyl sites for hydroxylation is 1. The van der Waals surface area contributed by atoms with Crippen LogP contribution in [-0.4, -0.2) is 36.0 Å². The molecule has 0 radical (unpaired) electrons. The van der Waals surface area contributed by atoms with Gasteiger partial charge in [-0.2, -0.15) is 0 Å². The van der Waals surface area contributed by atoms with Gasteiger partial charge in [-0.15, -0.1) is 0 Å². The highest BCUT2D eigenvalue weighted by molar-refractivity contribution is 5.77. The Morgan fingerprint density at radius 1 is 1.07 bits per heavy atom.